The zero-order valence-electron chi connectivity index (χ0n) is 47.5. The van der Waals surface area contributed by atoms with Gasteiger partial charge in [-0.3, -0.25) is 86.9 Å². The Morgan fingerprint density at radius 3 is 0.351 bits per heavy atom. The quantitative estimate of drug-likeness (QED) is 0.0126. The number of halogens is 1. The Morgan fingerprint density at radius 1 is 0.260 bits per heavy atom. The van der Waals surface area contributed by atoms with Crippen LogP contribution in [0.15, 0.2) is 0 Å². The second-order valence-corrected chi connectivity index (χ2v) is 12.1. The monoisotopic (exact) mass is 1260 g/mol. The maximum Gasteiger partial charge on any atom is 1.00 e. The molecule has 0 fully saturated rings. The summed E-state index contributed by atoms with van der Waals surface area (Å²) in [5, 5.41) is 103. The Balaban J connectivity index is -0.0000000350. The number of aliphatic carboxylic acids is 12. The first-order chi connectivity index (χ1) is 29.0. The van der Waals surface area contributed by atoms with Crippen molar-refractivity contribution in [2.75, 3.05) is 118 Å². The molecule has 0 bridgehead atoms. The van der Waals surface area contributed by atoms with Gasteiger partial charge in [-0.05, 0) is 10.4 Å². The number of nitrogens with zero attached hydrogens (tertiary/aromatic N) is 8. The van der Waals surface area contributed by atoms with Crippen LogP contribution in [0.3, 0.4) is 0 Å². The zero-order chi connectivity index (χ0) is 49.8. The van der Waals surface area contributed by atoms with Gasteiger partial charge in [0.2, 0.25) is 0 Å². The number of carbonyl (C=O) groups is 12. The molecule has 0 aliphatic heterocycles. The molecule has 0 radical (unpaired) electrons. The molecule has 0 aliphatic rings. The number of hydrogen-bond acceptors (Lipinski definition) is 19. The third-order valence-electron chi connectivity index (χ3n) is 6.50. The summed E-state index contributed by atoms with van der Waals surface area (Å²) in [6.07, 6.45) is 0. The summed E-state index contributed by atoms with van der Waals surface area (Å²) in [7, 11) is 0. The fourth-order valence-electron chi connectivity index (χ4n) is 4.43. The van der Waals surface area contributed by atoms with Gasteiger partial charge in [-0.15, -0.1) is 17.9 Å². The average molecular weight is 1260 g/mol. The predicted molar refractivity (Wildman–Crippen MR) is 208 cm³/mol. The van der Waals surface area contributed by atoms with E-state index in [1.165, 1.54) is 0 Å². The molecule has 0 spiro atoms. The number of nitrogens with one attached hydrogen (secondary N) is 1. The molecular formula is C30H51ClN9Na13O24+12. The minimum Gasteiger partial charge on any atom is -1.00 e. The van der Waals surface area contributed by atoms with Crippen molar-refractivity contribution in [2.45, 2.75) is 0 Å². The minimum atomic E-state index is -1.23. The SMILES string of the molecule is Cl.O=C(O)CN(CCN(CC(=O)O)CC(=O)O)CC(=O)O.O=C(O)CN(CCN(CC(=O)O)CC(=O)O)CC(=O)O.O=C(O)CN(CCN(CC(=O)O)CC(=O)O)CC(=O)O.[H-].[N-]=[N+]=N.[Na+].[Na+].[Na+].[Na+].[Na+].[Na+].[Na+].[Na+].[Na+].[Na+].[Na+].[Na+].[Na+]. The van der Waals surface area contributed by atoms with Gasteiger partial charge in [0, 0.05) is 39.3 Å². The van der Waals surface area contributed by atoms with Crippen LogP contribution in [-0.2, 0) is 57.5 Å². The minimum absolute atomic E-state index is 0. The second kappa shape index (κ2) is 86.2. The molecule has 0 aromatic carbocycles. The maximum atomic E-state index is 10.6. The van der Waals surface area contributed by atoms with Gasteiger partial charge in [-0.25, -0.2) is 0 Å². The fraction of sp³-hybridized carbons (Fsp3) is 0.600. The molecule has 0 heterocycles. The maximum absolute atomic E-state index is 10.6. The molecule has 13 N–H and O–H groups in total. The van der Waals surface area contributed by atoms with Crippen LogP contribution in [0, 0.1) is 5.53 Å². The molecule has 0 rings (SSSR count). The molecule has 0 saturated carbocycles. The van der Waals surface area contributed by atoms with Crippen molar-refractivity contribution in [3.8, 4) is 0 Å². The van der Waals surface area contributed by atoms with Crippen LogP contribution in [-0.4, -0.2) is 280 Å². The van der Waals surface area contributed by atoms with E-state index in [9.17, 15) is 57.5 Å². The van der Waals surface area contributed by atoms with E-state index in [2.05, 4.69) is 0 Å². The van der Waals surface area contributed by atoms with E-state index >= 15 is 0 Å². The standard InChI is InChI=1S/3C10H16N2O8.ClH.HN3.13Na.H/c3*13-7(14)3-11(4-8(15)16)1-2-12(5-9(17)18)6-10(19)20;;1-3-2;;;;;;;;;;;;;;/h3*1-6H2,(H,13,14)(H,15,16)(H,17,18)(H,19,20);1H;1H;;;;;;;;;;;;;;/q;;;;;13*+1;-1. The third-order valence-corrected chi connectivity index (χ3v) is 6.50. The van der Waals surface area contributed by atoms with Crippen LogP contribution in [0.2, 0.25) is 0 Å². The van der Waals surface area contributed by atoms with Crippen molar-refractivity contribution in [1.82, 2.24) is 29.4 Å². The van der Waals surface area contributed by atoms with E-state index in [4.69, 9.17) is 72.3 Å². The predicted octanol–water partition coefficient (Wildman–Crippen LogP) is -43.8. The Morgan fingerprint density at radius 2 is 0.312 bits per heavy atom. The summed E-state index contributed by atoms with van der Waals surface area (Å²) >= 11 is 0. The van der Waals surface area contributed by atoms with Crippen LogP contribution >= 0.6 is 12.4 Å². The smallest absolute Gasteiger partial charge is 1.00 e. The molecule has 0 atom stereocenters. The number of rotatable bonds is 33. The van der Waals surface area contributed by atoms with Gasteiger partial charge in [0.25, 0.3) is 0 Å². The molecule has 0 aliphatic carbocycles. The fourth-order valence-corrected chi connectivity index (χ4v) is 4.43. The van der Waals surface area contributed by atoms with Crippen molar-refractivity contribution < 1.29 is 504 Å². The average Bonchev–Trinajstić information content (AvgIpc) is 3.06. The largest absolute Gasteiger partial charge is 1.00 e. The van der Waals surface area contributed by atoms with Gasteiger partial charge in [0.1, 0.15) is 0 Å². The van der Waals surface area contributed by atoms with E-state index in [1.807, 2.05) is 0 Å². The third kappa shape index (κ3) is 110. The number of hydrogen-bond donors (Lipinski definition) is 13. The Hall–Kier alpha value is 6.00. The number of carboxylic acids is 12. The van der Waals surface area contributed by atoms with Gasteiger partial charge in [-0.2, -0.15) is 0 Å². The van der Waals surface area contributed by atoms with Gasteiger partial charge >= 0.3 is 456 Å². The van der Waals surface area contributed by atoms with Gasteiger partial charge < -0.3 is 62.7 Å². The van der Waals surface area contributed by atoms with Crippen LogP contribution in [0.4, 0.5) is 0 Å². The normalized spacial score (nSPS) is 8.44. The van der Waals surface area contributed by atoms with Crippen molar-refractivity contribution in [1.29, 1.82) is 5.53 Å². The van der Waals surface area contributed by atoms with Gasteiger partial charge in [-0.1, -0.05) is 0 Å². The summed E-state index contributed by atoms with van der Waals surface area (Å²) in [4.78, 5) is 135. The molecule has 368 valence electrons. The van der Waals surface area contributed by atoms with E-state index < -0.39 is 150 Å². The van der Waals surface area contributed by atoms with E-state index in [0.29, 0.717) is 0 Å². The second-order valence-electron chi connectivity index (χ2n) is 12.1. The summed E-state index contributed by atoms with van der Waals surface area (Å²) in [5.74, 6) is -14.7. The molecule has 47 heteroatoms. The number of carboxylic acid groups (broad SMARTS) is 12. The zero-order valence-corrected chi connectivity index (χ0v) is 73.3. The molecule has 33 nitrogen and oxygen atoms in total. The van der Waals surface area contributed by atoms with Crippen molar-refractivity contribution in [3.05, 3.63) is 10.4 Å². The molecule has 0 amide bonds. The molecule has 0 saturated heterocycles. The van der Waals surface area contributed by atoms with Crippen molar-refractivity contribution >= 4 is 84.0 Å². The molecule has 0 aromatic heterocycles. The molecule has 0 unspecified atom stereocenters. The summed E-state index contributed by atoms with van der Waals surface area (Å²) < 4.78 is 0. The summed E-state index contributed by atoms with van der Waals surface area (Å²) in [6, 6.07) is 0. The molecule has 0 aromatic rings. The van der Waals surface area contributed by atoms with Crippen molar-refractivity contribution in [2.24, 2.45) is 0 Å². The van der Waals surface area contributed by atoms with E-state index in [-0.39, 0.29) is 437 Å². The van der Waals surface area contributed by atoms with Crippen LogP contribution < -0.4 is 384 Å². The van der Waals surface area contributed by atoms with E-state index in [0.717, 1.165) is 29.4 Å². The first-order valence-corrected chi connectivity index (χ1v) is 17.0. The van der Waals surface area contributed by atoms with Gasteiger partial charge in [0.15, 0.2) is 0 Å². The summed E-state index contributed by atoms with van der Waals surface area (Å²) in [6.45, 7) is -6.75. The van der Waals surface area contributed by atoms with Crippen LogP contribution in [0.5, 0.6) is 0 Å². The van der Waals surface area contributed by atoms with Crippen LogP contribution in [0.25, 0.3) is 10.4 Å². The Labute approximate surface area is 736 Å². The molecular weight excluding hydrogens is 1200 g/mol. The first-order valence-electron chi connectivity index (χ1n) is 17.0. The van der Waals surface area contributed by atoms with Crippen molar-refractivity contribution in [3.63, 3.8) is 0 Å². The van der Waals surface area contributed by atoms with Gasteiger partial charge in [0.05, 0.1) is 78.5 Å². The molecule has 77 heavy (non-hydrogen) atoms. The van der Waals surface area contributed by atoms with Crippen LogP contribution in [0.1, 0.15) is 1.43 Å². The topological polar surface area (TPSA) is 527 Å². The Kier molecular flexibility index (Phi) is 148. The Bertz CT molecular complexity index is 1280. The first kappa shape index (κ1) is 132. The summed E-state index contributed by atoms with van der Waals surface area (Å²) in [5.41, 5.74) is 12.2. The van der Waals surface area contributed by atoms with E-state index in [1.54, 1.807) is 4.91 Å².